The molecule has 0 aliphatic carbocycles. The molecule has 1 amide bonds. The molecule has 0 aliphatic rings. The molecule has 134 valence electrons. The van der Waals surface area contributed by atoms with Crippen LogP contribution in [0.15, 0.2) is 53.7 Å². The van der Waals surface area contributed by atoms with Gasteiger partial charge in [0.15, 0.2) is 0 Å². The van der Waals surface area contributed by atoms with Gasteiger partial charge in [-0.05, 0) is 53.7 Å². The first-order valence-corrected chi connectivity index (χ1v) is 8.99. The van der Waals surface area contributed by atoms with Crippen LogP contribution in [0.25, 0.3) is 5.69 Å². The lowest BCUT2D eigenvalue weighted by Gasteiger charge is -2.13. The Kier molecular flexibility index (Phi) is 5.75. The number of aromatic nitrogens is 4. The molecule has 1 heterocycles. The fraction of sp³-hybridized carbons (Fsp3) is 0.176. The van der Waals surface area contributed by atoms with Crippen LogP contribution in [0.4, 0.5) is 5.69 Å². The molecule has 7 nitrogen and oxygen atoms in total. The van der Waals surface area contributed by atoms with Gasteiger partial charge in [-0.25, -0.2) is 0 Å². The number of benzene rings is 2. The number of thioether (sulfide) groups is 1. The van der Waals surface area contributed by atoms with Gasteiger partial charge in [-0.15, -0.1) is 5.10 Å². The van der Waals surface area contributed by atoms with Crippen molar-refractivity contribution in [2.75, 3.05) is 12.4 Å². The smallest absolute Gasteiger partial charge is 0.237 e. The van der Waals surface area contributed by atoms with Gasteiger partial charge in [-0.3, -0.25) is 4.79 Å². The summed E-state index contributed by atoms with van der Waals surface area (Å²) in [4.78, 5) is 12.4. The van der Waals surface area contributed by atoms with Crippen molar-refractivity contribution in [2.24, 2.45) is 0 Å². The Morgan fingerprint density at radius 2 is 1.96 bits per heavy atom. The predicted octanol–water partition coefficient (Wildman–Crippen LogP) is 3.44. The lowest BCUT2D eigenvalue weighted by molar-refractivity contribution is -0.115. The Morgan fingerprint density at radius 1 is 1.23 bits per heavy atom. The number of methoxy groups -OCH3 is 1. The Bertz CT molecular complexity index is 900. The monoisotopic (exact) mass is 389 g/mol. The lowest BCUT2D eigenvalue weighted by atomic mass is 10.3. The Hall–Kier alpha value is -2.58. The second-order valence-corrected chi connectivity index (χ2v) is 7.05. The van der Waals surface area contributed by atoms with E-state index in [1.807, 2.05) is 24.3 Å². The molecule has 1 atom stereocenters. The molecule has 2 aromatic carbocycles. The summed E-state index contributed by atoms with van der Waals surface area (Å²) in [6, 6.07) is 14.3. The number of ether oxygens (including phenoxy) is 1. The van der Waals surface area contributed by atoms with Gasteiger partial charge in [0.2, 0.25) is 11.1 Å². The molecule has 0 fully saturated rings. The highest BCUT2D eigenvalue weighted by Gasteiger charge is 2.20. The van der Waals surface area contributed by atoms with Crippen molar-refractivity contribution in [3.8, 4) is 11.4 Å². The van der Waals surface area contributed by atoms with Crippen LogP contribution in [-0.2, 0) is 4.79 Å². The minimum atomic E-state index is -0.412. The van der Waals surface area contributed by atoms with Crippen LogP contribution in [-0.4, -0.2) is 38.5 Å². The third-order valence-corrected chi connectivity index (χ3v) is 4.80. The second-order valence-electron chi connectivity index (χ2n) is 5.30. The van der Waals surface area contributed by atoms with Gasteiger partial charge in [0.1, 0.15) is 11.4 Å². The average Bonchev–Trinajstić information content (AvgIpc) is 3.11. The van der Waals surface area contributed by atoms with Crippen LogP contribution in [0.1, 0.15) is 6.92 Å². The molecule has 0 saturated carbocycles. The van der Waals surface area contributed by atoms with E-state index < -0.39 is 5.25 Å². The summed E-state index contributed by atoms with van der Waals surface area (Å²) >= 11 is 7.11. The van der Waals surface area contributed by atoms with E-state index in [1.54, 1.807) is 43.0 Å². The van der Waals surface area contributed by atoms with Gasteiger partial charge in [0, 0.05) is 10.7 Å². The number of nitrogens with zero attached hydrogens (tertiary/aromatic N) is 4. The van der Waals surface area contributed by atoms with E-state index in [9.17, 15) is 4.79 Å². The van der Waals surface area contributed by atoms with Gasteiger partial charge in [0.05, 0.1) is 12.4 Å². The number of hydrogen-bond donors (Lipinski definition) is 1. The van der Waals surface area contributed by atoms with E-state index in [2.05, 4.69) is 20.8 Å². The zero-order valence-electron chi connectivity index (χ0n) is 14.1. The molecule has 0 radical (unpaired) electrons. The van der Waals surface area contributed by atoms with E-state index in [-0.39, 0.29) is 5.91 Å². The van der Waals surface area contributed by atoms with Crippen LogP contribution in [0.2, 0.25) is 5.02 Å². The van der Waals surface area contributed by atoms with Crippen LogP contribution in [0.5, 0.6) is 5.75 Å². The fourth-order valence-electron chi connectivity index (χ4n) is 2.20. The van der Waals surface area contributed by atoms with Crippen molar-refractivity contribution in [3.05, 3.63) is 53.6 Å². The summed E-state index contributed by atoms with van der Waals surface area (Å²) in [7, 11) is 1.58. The minimum Gasteiger partial charge on any atom is -0.494 e. The summed E-state index contributed by atoms with van der Waals surface area (Å²) < 4.78 is 6.90. The first-order chi connectivity index (χ1) is 12.6. The second kappa shape index (κ2) is 8.20. The van der Waals surface area contributed by atoms with Crippen LogP contribution >= 0.6 is 23.4 Å². The van der Waals surface area contributed by atoms with Crippen molar-refractivity contribution in [1.29, 1.82) is 0 Å². The Morgan fingerprint density at radius 3 is 2.69 bits per heavy atom. The molecule has 0 aliphatic heterocycles. The number of amides is 1. The molecule has 0 saturated heterocycles. The number of para-hydroxylation sites is 2. The van der Waals surface area contributed by atoms with Crippen molar-refractivity contribution in [1.82, 2.24) is 20.2 Å². The molecule has 26 heavy (non-hydrogen) atoms. The fourth-order valence-corrected chi connectivity index (χ4v) is 3.12. The molecule has 0 spiro atoms. The first kappa shape index (κ1) is 18.2. The number of halogens is 1. The standard InChI is InChI=1S/C17H16ClN5O2S/c1-11(16(24)19-13-9-7-12(18)8-10-13)26-17-20-21-22-23(17)14-5-3-4-6-15(14)25-2/h3-11H,1-2H3,(H,19,24). The third kappa shape index (κ3) is 4.14. The van der Waals surface area contributed by atoms with E-state index in [0.717, 1.165) is 0 Å². The van der Waals surface area contributed by atoms with Gasteiger partial charge in [0.25, 0.3) is 0 Å². The maximum absolute atomic E-state index is 12.4. The number of rotatable bonds is 6. The number of carbonyl (C=O) groups excluding carboxylic acids is 1. The zero-order chi connectivity index (χ0) is 18.5. The van der Waals surface area contributed by atoms with Crippen LogP contribution in [0.3, 0.4) is 0 Å². The molecule has 1 N–H and O–H groups in total. The molecule has 9 heteroatoms. The van der Waals surface area contributed by atoms with Crippen molar-refractivity contribution in [3.63, 3.8) is 0 Å². The number of hydrogen-bond acceptors (Lipinski definition) is 6. The summed E-state index contributed by atoms with van der Waals surface area (Å²) in [6.07, 6.45) is 0. The number of anilines is 1. The summed E-state index contributed by atoms with van der Waals surface area (Å²) in [6.45, 7) is 1.79. The number of nitrogens with one attached hydrogen (secondary N) is 1. The number of tetrazole rings is 1. The Labute approximate surface area is 159 Å². The zero-order valence-corrected chi connectivity index (χ0v) is 15.7. The molecular weight excluding hydrogens is 374 g/mol. The lowest BCUT2D eigenvalue weighted by Crippen LogP contribution is -2.22. The minimum absolute atomic E-state index is 0.160. The summed E-state index contributed by atoms with van der Waals surface area (Å²) in [5.74, 6) is 0.479. The van der Waals surface area contributed by atoms with Crippen LogP contribution < -0.4 is 10.1 Å². The maximum Gasteiger partial charge on any atom is 0.237 e. The van der Waals surface area contributed by atoms with Gasteiger partial charge >= 0.3 is 0 Å². The van der Waals surface area contributed by atoms with E-state index in [4.69, 9.17) is 16.3 Å². The summed E-state index contributed by atoms with van der Waals surface area (Å²) in [5.41, 5.74) is 1.38. The third-order valence-electron chi connectivity index (χ3n) is 3.52. The normalized spacial score (nSPS) is 11.8. The van der Waals surface area contributed by atoms with E-state index in [0.29, 0.717) is 27.3 Å². The molecule has 1 aromatic heterocycles. The highest BCUT2D eigenvalue weighted by atomic mass is 35.5. The van der Waals surface area contributed by atoms with Gasteiger partial charge in [-0.1, -0.05) is 35.5 Å². The largest absolute Gasteiger partial charge is 0.494 e. The predicted molar refractivity (Wildman–Crippen MR) is 101 cm³/mol. The van der Waals surface area contributed by atoms with E-state index >= 15 is 0 Å². The Balaban J connectivity index is 1.74. The first-order valence-electron chi connectivity index (χ1n) is 7.73. The summed E-state index contributed by atoms with van der Waals surface area (Å²) in [5, 5.41) is 15.3. The maximum atomic E-state index is 12.4. The van der Waals surface area contributed by atoms with E-state index in [1.165, 1.54) is 11.8 Å². The van der Waals surface area contributed by atoms with Crippen LogP contribution in [0, 0.1) is 0 Å². The van der Waals surface area contributed by atoms with Crippen molar-refractivity contribution in [2.45, 2.75) is 17.3 Å². The highest BCUT2D eigenvalue weighted by molar-refractivity contribution is 8.00. The molecule has 1 unspecified atom stereocenters. The van der Waals surface area contributed by atoms with Gasteiger partial charge < -0.3 is 10.1 Å². The molecule has 3 rings (SSSR count). The number of carbonyl (C=O) groups is 1. The molecule has 3 aromatic rings. The van der Waals surface area contributed by atoms with Crippen molar-refractivity contribution < 1.29 is 9.53 Å². The van der Waals surface area contributed by atoms with Crippen molar-refractivity contribution >= 4 is 35.0 Å². The average molecular weight is 390 g/mol. The molecular formula is C17H16ClN5O2S. The molecule has 0 bridgehead atoms. The highest BCUT2D eigenvalue weighted by Crippen LogP contribution is 2.28. The SMILES string of the molecule is COc1ccccc1-n1nnnc1SC(C)C(=O)Nc1ccc(Cl)cc1. The topological polar surface area (TPSA) is 81.9 Å². The quantitative estimate of drug-likeness (QED) is 0.650. The van der Waals surface area contributed by atoms with Gasteiger partial charge in [-0.2, -0.15) is 4.68 Å².